The first-order chi connectivity index (χ1) is 14.6. The lowest BCUT2D eigenvalue weighted by Gasteiger charge is -2.15. The molecule has 1 N–H and O–H groups in total. The second-order valence-corrected chi connectivity index (χ2v) is 7.40. The monoisotopic (exact) mass is 400 g/mol. The highest BCUT2D eigenvalue weighted by Gasteiger charge is 2.15. The number of nitrogens with zero attached hydrogens (tertiary/aromatic N) is 2. The summed E-state index contributed by atoms with van der Waals surface area (Å²) in [5.74, 6) is 0. The van der Waals surface area contributed by atoms with Gasteiger partial charge in [-0.3, -0.25) is 4.79 Å². The molecule has 4 aromatic rings. The summed E-state index contributed by atoms with van der Waals surface area (Å²) >= 11 is 0. The summed E-state index contributed by atoms with van der Waals surface area (Å²) in [6.07, 6.45) is -0.842. The van der Waals surface area contributed by atoms with Gasteiger partial charge in [-0.15, -0.1) is 0 Å². The van der Waals surface area contributed by atoms with Crippen LogP contribution in [-0.4, -0.2) is 27.6 Å². The van der Waals surface area contributed by atoms with Gasteiger partial charge in [-0.1, -0.05) is 78.4 Å². The molecule has 5 nitrogen and oxygen atoms in total. The van der Waals surface area contributed by atoms with E-state index in [9.17, 15) is 9.90 Å². The molecule has 0 spiro atoms. The summed E-state index contributed by atoms with van der Waals surface area (Å²) in [5.41, 5.74) is 3.63. The second kappa shape index (κ2) is 9.03. The minimum Gasteiger partial charge on any atom is -0.389 e. The number of hydrogen-bond donors (Lipinski definition) is 1. The molecule has 1 heterocycles. The van der Waals surface area contributed by atoms with Crippen LogP contribution in [0.25, 0.3) is 22.0 Å². The Labute approximate surface area is 175 Å². The maximum atomic E-state index is 12.9. The van der Waals surface area contributed by atoms with Crippen LogP contribution >= 0.6 is 0 Å². The Morgan fingerprint density at radius 2 is 1.60 bits per heavy atom. The van der Waals surface area contributed by atoms with Crippen LogP contribution in [0.15, 0.2) is 83.7 Å². The number of benzene rings is 3. The van der Waals surface area contributed by atoms with Gasteiger partial charge in [-0.05, 0) is 18.6 Å². The topological polar surface area (TPSA) is 64.3 Å². The van der Waals surface area contributed by atoms with Gasteiger partial charge in [-0.2, -0.15) is 5.10 Å². The van der Waals surface area contributed by atoms with E-state index in [2.05, 4.69) is 5.10 Å². The lowest BCUT2D eigenvalue weighted by molar-refractivity contribution is 0.0181. The Morgan fingerprint density at radius 1 is 0.933 bits per heavy atom. The lowest BCUT2D eigenvalue weighted by Crippen LogP contribution is -2.31. The number of fused-ring (bicyclic) bond motifs is 1. The molecule has 152 valence electrons. The van der Waals surface area contributed by atoms with Crippen LogP contribution in [0.5, 0.6) is 0 Å². The van der Waals surface area contributed by atoms with E-state index in [1.165, 1.54) is 4.68 Å². The van der Waals surface area contributed by atoms with Gasteiger partial charge < -0.3 is 9.84 Å². The molecule has 0 aliphatic heterocycles. The molecule has 0 aliphatic rings. The molecular formula is C25H24N2O3. The number of rotatable bonds is 7. The van der Waals surface area contributed by atoms with Gasteiger partial charge >= 0.3 is 0 Å². The molecule has 0 aliphatic carbocycles. The zero-order valence-electron chi connectivity index (χ0n) is 16.9. The molecule has 5 heteroatoms. The van der Waals surface area contributed by atoms with Crippen molar-refractivity contribution in [2.24, 2.45) is 0 Å². The van der Waals surface area contributed by atoms with Crippen molar-refractivity contribution in [3.8, 4) is 11.3 Å². The highest BCUT2D eigenvalue weighted by Crippen LogP contribution is 2.24. The Balaban J connectivity index is 1.58. The largest absolute Gasteiger partial charge is 0.389 e. The van der Waals surface area contributed by atoms with Gasteiger partial charge in [0.25, 0.3) is 5.56 Å². The van der Waals surface area contributed by atoms with Crippen molar-refractivity contribution in [3.05, 3.63) is 100 Å². The number of aromatic nitrogens is 2. The SMILES string of the molecule is Cc1ccc(-c2nn(C[C@H](O)COCc3ccccc3)c(=O)c3ccccc23)cc1. The maximum absolute atomic E-state index is 12.9. The average molecular weight is 400 g/mol. The number of aryl methyl sites for hydroxylation is 1. The molecule has 4 rings (SSSR count). The summed E-state index contributed by atoms with van der Waals surface area (Å²) in [4.78, 5) is 12.9. The van der Waals surface area contributed by atoms with Gasteiger partial charge in [-0.25, -0.2) is 4.68 Å². The molecular weight excluding hydrogens is 376 g/mol. The third kappa shape index (κ3) is 4.48. The standard InChI is InChI=1S/C25H24N2O3/c1-18-11-13-20(14-12-18)24-22-9-5-6-10-23(22)25(29)27(26-24)15-21(28)17-30-16-19-7-3-2-4-8-19/h2-14,21,28H,15-17H2,1H3/t21-/m0/s1. The van der Waals surface area contributed by atoms with Crippen molar-refractivity contribution < 1.29 is 9.84 Å². The van der Waals surface area contributed by atoms with E-state index in [-0.39, 0.29) is 18.7 Å². The molecule has 0 radical (unpaired) electrons. The fraction of sp³-hybridized carbons (Fsp3) is 0.200. The third-order valence-corrected chi connectivity index (χ3v) is 5.00. The van der Waals surface area contributed by atoms with Gasteiger partial charge in [0, 0.05) is 10.9 Å². The van der Waals surface area contributed by atoms with E-state index >= 15 is 0 Å². The van der Waals surface area contributed by atoms with E-state index in [0.29, 0.717) is 12.0 Å². The molecule has 0 amide bonds. The molecule has 0 saturated heterocycles. The van der Waals surface area contributed by atoms with Gasteiger partial charge in [0.05, 0.1) is 36.9 Å². The van der Waals surface area contributed by atoms with Crippen molar-refractivity contribution in [2.75, 3.05) is 6.61 Å². The molecule has 3 aromatic carbocycles. The zero-order valence-corrected chi connectivity index (χ0v) is 16.9. The minimum atomic E-state index is -0.842. The average Bonchev–Trinajstić information content (AvgIpc) is 2.77. The summed E-state index contributed by atoms with van der Waals surface area (Å²) in [6.45, 7) is 2.63. The Hall–Kier alpha value is -3.28. The van der Waals surface area contributed by atoms with Crippen LogP contribution in [0.2, 0.25) is 0 Å². The summed E-state index contributed by atoms with van der Waals surface area (Å²) in [5, 5.41) is 16.4. The summed E-state index contributed by atoms with van der Waals surface area (Å²) < 4.78 is 6.96. The Morgan fingerprint density at radius 3 is 2.33 bits per heavy atom. The predicted molar refractivity (Wildman–Crippen MR) is 118 cm³/mol. The molecule has 0 bridgehead atoms. The lowest BCUT2D eigenvalue weighted by atomic mass is 10.0. The first-order valence-electron chi connectivity index (χ1n) is 9.98. The van der Waals surface area contributed by atoms with E-state index in [0.717, 1.165) is 27.8 Å². The quantitative estimate of drug-likeness (QED) is 0.510. The van der Waals surface area contributed by atoms with E-state index in [1.54, 1.807) is 6.07 Å². The van der Waals surface area contributed by atoms with Crippen LogP contribution in [-0.2, 0) is 17.9 Å². The van der Waals surface area contributed by atoms with Crippen molar-refractivity contribution in [2.45, 2.75) is 26.2 Å². The molecule has 30 heavy (non-hydrogen) atoms. The third-order valence-electron chi connectivity index (χ3n) is 5.00. The normalized spacial score (nSPS) is 12.2. The Bertz CT molecular complexity index is 1180. The Kier molecular flexibility index (Phi) is 6.02. The number of aliphatic hydroxyl groups is 1. The molecule has 1 atom stereocenters. The summed E-state index contributed by atoms with van der Waals surface area (Å²) in [7, 11) is 0. The summed E-state index contributed by atoms with van der Waals surface area (Å²) in [6, 6.07) is 25.3. The van der Waals surface area contributed by atoms with Crippen LogP contribution < -0.4 is 5.56 Å². The second-order valence-electron chi connectivity index (χ2n) is 7.40. The van der Waals surface area contributed by atoms with Crippen LogP contribution in [0.3, 0.4) is 0 Å². The predicted octanol–water partition coefficient (Wildman–Crippen LogP) is 3.95. The fourth-order valence-corrected chi connectivity index (χ4v) is 3.42. The molecule has 0 saturated carbocycles. The first-order valence-corrected chi connectivity index (χ1v) is 9.98. The van der Waals surface area contributed by atoms with Gasteiger partial charge in [0.15, 0.2) is 0 Å². The smallest absolute Gasteiger partial charge is 0.274 e. The molecule has 0 unspecified atom stereocenters. The first kappa shape index (κ1) is 20.0. The number of aliphatic hydroxyl groups excluding tert-OH is 1. The van der Waals surface area contributed by atoms with Crippen molar-refractivity contribution in [1.82, 2.24) is 9.78 Å². The zero-order chi connectivity index (χ0) is 20.9. The molecule has 1 aromatic heterocycles. The highest BCUT2D eigenvalue weighted by atomic mass is 16.5. The minimum absolute atomic E-state index is 0.0668. The van der Waals surface area contributed by atoms with E-state index < -0.39 is 6.10 Å². The van der Waals surface area contributed by atoms with Crippen LogP contribution in [0, 0.1) is 6.92 Å². The van der Waals surface area contributed by atoms with Gasteiger partial charge in [0.2, 0.25) is 0 Å². The van der Waals surface area contributed by atoms with Crippen molar-refractivity contribution in [3.63, 3.8) is 0 Å². The van der Waals surface area contributed by atoms with Crippen molar-refractivity contribution in [1.29, 1.82) is 0 Å². The van der Waals surface area contributed by atoms with Gasteiger partial charge in [0.1, 0.15) is 0 Å². The van der Waals surface area contributed by atoms with E-state index in [1.807, 2.05) is 79.7 Å². The number of hydrogen-bond acceptors (Lipinski definition) is 4. The van der Waals surface area contributed by atoms with Crippen molar-refractivity contribution >= 4 is 10.8 Å². The maximum Gasteiger partial charge on any atom is 0.274 e. The highest BCUT2D eigenvalue weighted by molar-refractivity contribution is 5.93. The van der Waals surface area contributed by atoms with Crippen LogP contribution in [0.4, 0.5) is 0 Å². The van der Waals surface area contributed by atoms with E-state index in [4.69, 9.17) is 4.74 Å². The molecule has 0 fully saturated rings. The number of ether oxygens (including phenoxy) is 1. The fourth-order valence-electron chi connectivity index (χ4n) is 3.42. The van der Waals surface area contributed by atoms with Crippen LogP contribution in [0.1, 0.15) is 11.1 Å².